The number of nitrogens with one attached hydrogen (secondary N) is 2. The van der Waals surface area contributed by atoms with E-state index in [4.69, 9.17) is 0 Å². The summed E-state index contributed by atoms with van der Waals surface area (Å²) in [6.45, 7) is 3.96. The van der Waals surface area contributed by atoms with Crippen LogP contribution in [-0.2, 0) is 4.79 Å². The minimum Gasteiger partial charge on any atom is -0.325 e. The maximum atomic E-state index is 11.9. The van der Waals surface area contributed by atoms with Crippen LogP contribution in [0.4, 0.5) is 5.69 Å². The molecule has 0 saturated carbocycles. The number of carbonyl (C=O) groups is 1. The van der Waals surface area contributed by atoms with Crippen molar-refractivity contribution < 1.29 is 4.79 Å². The second-order valence-electron chi connectivity index (χ2n) is 4.32. The first-order valence-corrected chi connectivity index (χ1v) is 7.09. The fourth-order valence-corrected chi connectivity index (χ4v) is 2.28. The molecule has 1 aromatic heterocycles. The molecule has 104 valence electrons. The molecule has 0 aliphatic heterocycles. The van der Waals surface area contributed by atoms with Crippen molar-refractivity contribution in [2.24, 2.45) is 0 Å². The molecule has 1 amide bonds. The molecule has 0 bridgehead atoms. The maximum absolute atomic E-state index is 11.9. The van der Waals surface area contributed by atoms with Crippen LogP contribution in [0.3, 0.4) is 0 Å². The van der Waals surface area contributed by atoms with Gasteiger partial charge in [-0.3, -0.25) is 9.59 Å². The molecule has 2 aromatic rings. The molecule has 0 unspecified atom stereocenters. The molecule has 20 heavy (non-hydrogen) atoms. The zero-order valence-electron chi connectivity index (χ0n) is 11.3. The van der Waals surface area contributed by atoms with Crippen molar-refractivity contribution in [3.8, 4) is 0 Å². The average molecular weight is 289 g/mol. The largest absolute Gasteiger partial charge is 0.325 e. The van der Waals surface area contributed by atoms with Gasteiger partial charge in [-0.15, -0.1) is 0 Å². The summed E-state index contributed by atoms with van der Waals surface area (Å²) in [4.78, 5) is 29.5. The van der Waals surface area contributed by atoms with Crippen molar-refractivity contribution in [3.05, 3.63) is 51.9 Å². The fourth-order valence-electron chi connectivity index (χ4n) is 1.63. The Morgan fingerprint density at radius 2 is 2.15 bits per heavy atom. The third-order valence-corrected chi connectivity index (χ3v) is 3.75. The van der Waals surface area contributed by atoms with Crippen LogP contribution in [0.1, 0.15) is 11.1 Å². The number of carbonyl (C=O) groups excluding carboxylic acids is 1. The summed E-state index contributed by atoms with van der Waals surface area (Å²) in [6, 6.07) is 7.10. The van der Waals surface area contributed by atoms with Gasteiger partial charge in [0.25, 0.3) is 5.56 Å². The van der Waals surface area contributed by atoms with Crippen LogP contribution < -0.4 is 10.9 Å². The molecule has 2 rings (SSSR count). The average Bonchev–Trinajstić information content (AvgIpc) is 2.42. The molecule has 0 saturated heterocycles. The number of hydrogen-bond donors (Lipinski definition) is 2. The summed E-state index contributed by atoms with van der Waals surface area (Å²) in [5, 5.41) is 3.29. The number of benzene rings is 1. The van der Waals surface area contributed by atoms with Crippen LogP contribution in [0.2, 0.25) is 0 Å². The number of rotatable bonds is 4. The van der Waals surface area contributed by atoms with E-state index in [-0.39, 0.29) is 17.2 Å². The number of hydrogen-bond acceptors (Lipinski definition) is 4. The highest BCUT2D eigenvalue weighted by molar-refractivity contribution is 7.99. The van der Waals surface area contributed by atoms with E-state index in [1.807, 2.05) is 32.0 Å². The van der Waals surface area contributed by atoms with Gasteiger partial charge in [0.2, 0.25) is 5.91 Å². The monoisotopic (exact) mass is 289 g/mol. The quantitative estimate of drug-likeness (QED) is 0.668. The lowest BCUT2D eigenvalue weighted by atomic mass is 10.1. The lowest BCUT2D eigenvalue weighted by Crippen LogP contribution is -2.16. The molecule has 5 nitrogen and oxygen atoms in total. The molecular weight excluding hydrogens is 274 g/mol. The summed E-state index contributed by atoms with van der Waals surface area (Å²) < 4.78 is 0. The lowest BCUT2D eigenvalue weighted by Gasteiger charge is -2.09. The van der Waals surface area contributed by atoms with E-state index in [1.54, 1.807) is 0 Å². The third-order valence-electron chi connectivity index (χ3n) is 2.87. The zero-order chi connectivity index (χ0) is 14.5. The van der Waals surface area contributed by atoms with Crippen LogP contribution in [0, 0.1) is 13.8 Å². The minimum absolute atomic E-state index is 0.129. The van der Waals surface area contributed by atoms with Crippen molar-refractivity contribution >= 4 is 23.4 Å². The Balaban J connectivity index is 1.96. The van der Waals surface area contributed by atoms with Crippen LogP contribution in [0.15, 0.2) is 40.4 Å². The van der Waals surface area contributed by atoms with Crippen molar-refractivity contribution in [1.29, 1.82) is 0 Å². The Labute approximate surface area is 120 Å². The molecule has 0 fully saturated rings. The molecule has 0 aliphatic carbocycles. The second-order valence-corrected chi connectivity index (χ2v) is 5.29. The number of nitrogens with zero attached hydrogens (tertiary/aromatic N) is 1. The Morgan fingerprint density at radius 3 is 2.90 bits per heavy atom. The summed E-state index contributed by atoms with van der Waals surface area (Å²) in [5.74, 6) is 0.0653. The topological polar surface area (TPSA) is 74.8 Å². The molecule has 1 heterocycles. The molecule has 6 heteroatoms. The van der Waals surface area contributed by atoms with Gasteiger partial charge in [-0.2, -0.15) is 0 Å². The lowest BCUT2D eigenvalue weighted by molar-refractivity contribution is -0.113. The van der Waals surface area contributed by atoms with Gasteiger partial charge in [-0.1, -0.05) is 23.9 Å². The van der Waals surface area contributed by atoms with Crippen LogP contribution >= 0.6 is 11.8 Å². The Bertz CT molecular complexity index is 682. The highest BCUT2D eigenvalue weighted by Gasteiger charge is 2.07. The maximum Gasteiger partial charge on any atom is 0.251 e. The van der Waals surface area contributed by atoms with Crippen LogP contribution in [0.5, 0.6) is 0 Å². The Hall–Kier alpha value is -2.08. The molecule has 2 N–H and O–H groups in total. The predicted octanol–water partition coefficient (Wildman–Crippen LogP) is 2.12. The van der Waals surface area contributed by atoms with Gasteiger partial charge in [-0.25, -0.2) is 4.98 Å². The molecular formula is C14H15N3O2S. The smallest absolute Gasteiger partial charge is 0.251 e. The van der Waals surface area contributed by atoms with Gasteiger partial charge in [0.1, 0.15) is 0 Å². The molecule has 0 spiro atoms. The van der Waals surface area contributed by atoms with E-state index in [9.17, 15) is 9.59 Å². The predicted molar refractivity (Wildman–Crippen MR) is 80.1 cm³/mol. The van der Waals surface area contributed by atoms with Gasteiger partial charge in [0, 0.05) is 18.0 Å². The Morgan fingerprint density at radius 1 is 1.35 bits per heavy atom. The van der Waals surface area contributed by atoms with E-state index < -0.39 is 0 Å². The summed E-state index contributed by atoms with van der Waals surface area (Å²) in [6.07, 6.45) is 1.42. The van der Waals surface area contributed by atoms with Gasteiger partial charge in [0.05, 0.1) is 5.75 Å². The molecule has 0 aliphatic rings. The second kappa shape index (κ2) is 6.38. The Kier molecular flexibility index (Phi) is 4.57. The van der Waals surface area contributed by atoms with Crippen molar-refractivity contribution in [3.63, 3.8) is 0 Å². The standard InChI is InChI=1S/C14H15N3O2S/c1-9-4-3-5-11(10(9)2)16-13(19)8-20-14-15-7-6-12(18)17-14/h3-7H,8H2,1-2H3,(H,16,19)(H,15,17,18). The molecule has 0 radical (unpaired) electrons. The molecule has 1 aromatic carbocycles. The molecule has 0 atom stereocenters. The number of thioether (sulfide) groups is 1. The van der Waals surface area contributed by atoms with Crippen molar-refractivity contribution in [2.45, 2.75) is 19.0 Å². The minimum atomic E-state index is -0.225. The summed E-state index contributed by atoms with van der Waals surface area (Å²) >= 11 is 1.19. The number of aromatic nitrogens is 2. The van der Waals surface area contributed by atoms with E-state index in [0.717, 1.165) is 16.8 Å². The number of H-pyrrole nitrogens is 1. The number of aromatic amines is 1. The summed E-state index contributed by atoms with van der Waals surface area (Å²) in [5.41, 5.74) is 2.77. The van der Waals surface area contributed by atoms with Gasteiger partial charge in [-0.05, 0) is 31.0 Å². The van der Waals surface area contributed by atoms with Crippen molar-refractivity contribution in [2.75, 3.05) is 11.1 Å². The number of aryl methyl sites for hydroxylation is 1. The van der Waals surface area contributed by atoms with Crippen LogP contribution in [0.25, 0.3) is 0 Å². The van der Waals surface area contributed by atoms with Gasteiger partial charge >= 0.3 is 0 Å². The van der Waals surface area contributed by atoms with Gasteiger partial charge in [0.15, 0.2) is 5.16 Å². The third kappa shape index (κ3) is 3.71. The highest BCUT2D eigenvalue weighted by atomic mass is 32.2. The number of amides is 1. The van der Waals surface area contributed by atoms with Crippen molar-refractivity contribution in [1.82, 2.24) is 9.97 Å². The first kappa shape index (κ1) is 14.3. The SMILES string of the molecule is Cc1cccc(NC(=O)CSc2nccc(=O)[nH]2)c1C. The van der Waals surface area contributed by atoms with E-state index >= 15 is 0 Å². The van der Waals surface area contributed by atoms with E-state index in [0.29, 0.717) is 5.16 Å². The highest BCUT2D eigenvalue weighted by Crippen LogP contribution is 2.18. The zero-order valence-corrected chi connectivity index (χ0v) is 12.1. The number of anilines is 1. The van der Waals surface area contributed by atoms with E-state index in [1.165, 1.54) is 24.0 Å². The van der Waals surface area contributed by atoms with Crippen LogP contribution in [-0.4, -0.2) is 21.6 Å². The summed E-state index contributed by atoms with van der Waals surface area (Å²) in [7, 11) is 0. The van der Waals surface area contributed by atoms with E-state index in [2.05, 4.69) is 15.3 Å². The normalized spacial score (nSPS) is 10.3. The van der Waals surface area contributed by atoms with Gasteiger partial charge < -0.3 is 10.3 Å². The fraction of sp³-hybridized carbons (Fsp3) is 0.214. The first-order valence-electron chi connectivity index (χ1n) is 6.10. The first-order chi connectivity index (χ1) is 9.56.